The fourth-order valence-electron chi connectivity index (χ4n) is 1.19. The Morgan fingerprint density at radius 3 is 2.53 bits per heavy atom. The molecule has 0 atom stereocenters. The van der Waals surface area contributed by atoms with Gasteiger partial charge in [0.2, 0.25) is 11.8 Å². The summed E-state index contributed by atoms with van der Waals surface area (Å²) in [5, 5.41) is 2.59. The van der Waals surface area contributed by atoms with Crippen molar-refractivity contribution in [2.24, 2.45) is 11.5 Å². The number of hydrogen-bond acceptors (Lipinski definition) is 3. The predicted octanol–water partition coefficient (Wildman–Crippen LogP) is -0.388. The molecule has 1 aromatic rings. The maximum atomic E-state index is 11.1. The van der Waals surface area contributed by atoms with Gasteiger partial charge in [0.15, 0.2) is 0 Å². The molecule has 0 aromatic heterocycles. The van der Waals surface area contributed by atoms with Crippen LogP contribution in [0.25, 0.3) is 0 Å². The fourth-order valence-corrected chi connectivity index (χ4v) is 1.19. The average Bonchev–Trinajstić information content (AvgIpc) is 2.20. The van der Waals surface area contributed by atoms with Gasteiger partial charge >= 0.3 is 0 Å². The van der Waals surface area contributed by atoms with Gasteiger partial charge in [-0.2, -0.15) is 0 Å². The van der Waals surface area contributed by atoms with Crippen molar-refractivity contribution in [3.05, 3.63) is 29.8 Å². The number of anilines is 1. The van der Waals surface area contributed by atoms with Crippen molar-refractivity contribution in [2.75, 3.05) is 11.9 Å². The SMILES string of the molecule is NCC(=O)Nc1ccccc1CC(N)=O. The van der Waals surface area contributed by atoms with Crippen molar-refractivity contribution in [3.8, 4) is 0 Å². The van der Waals surface area contributed by atoms with E-state index in [0.29, 0.717) is 11.3 Å². The van der Waals surface area contributed by atoms with E-state index in [1.54, 1.807) is 24.3 Å². The lowest BCUT2D eigenvalue weighted by Gasteiger charge is -2.08. The van der Waals surface area contributed by atoms with Crippen LogP contribution in [0.1, 0.15) is 5.56 Å². The van der Waals surface area contributed by atoms with E-state index in [4.69, 9.17) is 11.5 Å². The number of hydrogen-bond donors (Lipinski definition) is 3. The zero-order valence-electron chi connectivity index (χ0n) is 8.19. The molecule has 0 heterocycles. The van der Waals surface area contributed by atoms with E-state index < -0.39 is 5.91 Å². The molecule has 15 heavy (non-hydrogen) atoms. The normalized spacial score (nSPS) is 9.67. The topological polar surface area (TPSA) is 98.2 Å². The summed E-state index contributed by atoms with van der Waals surface area (Å²) in [6, 6.07) is 6.97. The van der Waals surface area contributed by atoms with E-state index in [2.05, 4.69) is 5.32 Å². The van der Waals surface area contributed by atoms with Gasteiger partial charge in [-0.25, -0.2) is 0 Å². The highest BCUT2D eigenvalue weighted by molar-refractivity contribution is 5.93. The van der Waals surface area contributed by atoms with Gasteiger partial charge in [-0.3, -0.25) is 9.59 Å². The summed E-state index contributed by atoms with van der Waals surface area (Å²) in [6.45, 7) is -0.0924. The van der Waals surface area contributed by atoms with Gasteiger partial charge in [-0.1, -0.05) is 18.2 Å². The second kappa shape index (κ2) is 5.11. The largest absolute Gasteiger partial charge is 0.369 e. The molecule has 0 aliphatic heterocycles. The van der Waals surface area contributed by atoms with Crippen molar-refractivity contribution in [1.29, 1.82) is 0 Å². The Morgan fingerprint density at radius 1 is 1.27 bits per heavy atom. The van der Waals surface area contributed by atoms with Crippen LogP contribution in [0.3, 0.4) is 0 Å². The van der Waals surface area contributed by atoms with Gasteiger partial charge in [-0.05, 0) is 11.6 Å². The number of amides is 2. The molecule has 5 nitrogen and oxygen atoms in total. The molecule has 2 amide bonds. The molecule has 80 valence electrons. The summed E-state index contributed by atoms with van der Waals surface area (Å²) in [4.78, 5) is 21.8. The van der Waals surface area contributed by atoms with Crippen LogP contribution in [-0.2, 0) is 16.0 Å². The maximum Gasteiger partial charge on any atom is 0.238 e. The third kappa shape index (κ3) is 3.40. The van der Waals surface area contributed by atoms with Gasteiger partial charge in [0.05, 0.1) is 13.0 Å². The van der Waals surface area contributed by atoms with Crippen molar-refractivity contribution in [2.45, 2.75) is 6.42 Å². The fraction of sp³-hybridized carbons (Fsp3) is 0.200. The second-order valence-electron chi connectivity index (χ2n) is 3.05. The number of carbonyl (C=O) groups is 2. The van der Waals surface area contributed by atoms with Crippen LogP contribution < -0.4 is 16.8 Å². The molecular weight excluding hydrogens is 194 g/mol. The smallest absolute Gasteiger partial charge is 0.238 e. The summed E-state index contributed by atoms with van der Waals surface area (Å²) in [5.74, 6) is -0.739. The molecular formula is C10H13N3O2. The molecule has 0 spiro atoms. The minimum absolute atomic E-state index is 0.0924. The summed E-state index contributed by atoms with van der Waals surface area (Å²) in [7, 11) is 0. The van der Waals surface area contributed by atoms with E-state index in [-0.39, 0.29) is 18.9 Å². The van der Waals surface area contributed by atoms with Crippen LogP contribution >= 0.6 is 0 Å². The van der Waals surface area contributed by atoms with Crippen LogP contribution in [0.15, 0.2) is 24.3 Å². The number of primary amides is 1. The summed E-state index contributed by atoms with van der Waals surface area (Å²) in [6.07, 6.45) is 0.0982. The van der Waals surface area contributed by atoms with Crippen LogP contribution in [0, 0.1) is 0 Å². The first kappa shape index (κ1) is 11.2. The third-order valence-corrected chi connectivity index (χ3v) is 1.84. The molecule has 0 saturated heterocycles. The summed E-state index contributed by atoms with van der Waals surface area (Å²) in [5.41, 5.74) is 11.5. The minimum Gasteiger partial charge on any atom is -0.369 e. The van der Waals surface area contributed by atoms with Crippen molar-refractivity contribution >= 4 is 17.5 Å². The number of carbonyl (C=O) groups excluding carboxylic acids is 2. The highest BCUT2D eigenvalue weighted by atomic mass is 16.2. The molecule has 0 fully saturated rings. The highest BCUT2D eigenvalue weighted by Gasteiger charge is 2.06. The first-order valence-corrected chi connectivity index (χ1v) is 4.49. The molecule has 0 bridgehead atoms. The number of nitrogens with one attached hydrogen (secondary N) is 1. The molecule has 1 aromatic carbocycles. The monoisotopic (exact) mass is 207 g/mol. The Bertz CT molecular complexity index is 377. The van der Waals surface area contributed by atoms with Crippen molar-refractivity contribution in [3.63, 3.8) is 0 Å². The van der Waals surface area contributed by atoms with Gasteiger partial charge in [0.25, 0.3) is 0 Å². The predicted molar refractivity (Wildman–Crippen MR) is 57.0 cm³/mol. The molecule has 0 aliphatic carbocycles. The van der Waals surface area contributed by atoms with Gasteiger partial charge in [-0.15, -0.1) is 0 Å². The van der Waals surface area contributed by atoms with E-state index in [1.807, 2.05) is 0 Å². The van der Waals surface area contributed by atoms with Crippen molar-refractivity contribution in [1.82, 2.24) is 0 Å². The second-order valence-corrected chi connectivity index (χ2v) is 3.05. The van der Waals surface area contributed by atoms with E-state index in [9.17, 15) is 9.59 Å². The van der Waals surface area contributed by atoms with Crippen LogP contribution in [0.5, 0.6) is 0 Å². The van der Waals surface area contributed by atoms with Crippen LogP contribution in [0.2, 0.25) is 0 Å². The van der Waals surface area contributed by atoms with Gasteiger partial charge < -0.3 is 16.8 Å². The standard InChI is InChI=1S/C10H13N3O2/c11-6-10(15)13-8-4-2-1-3-7(8)5-9(12)14/h1-4H,5-6,11H2,(H2,12,14)(H,13,15). The molecule has 0 radical (unpaired) electrons. The van der Waals surface area contributed by atoms with Crippen LogP contribution in [-0.4, -0.2) is 18.4 Å². The van der Waals surface area contributed by atoms with Gasteiger partial charge in [0, 0.05) is 5.69 Å². The van der Waals surface area contributed by atoms with E-state index >= 15 is 0 Å². The minimum atomic E-state index is -0.440. The van der Waals surface area contributed by atoms with Gasteiger partial charge in [0.1, 0.15) is 0 Å². The lowest BCUT2D eigenvalue weighted by atomic mass is 10.1. The third-order valence-electron chi connectivity index (χ3n) is 1.84. The first-order chi connectivity index (χ1) is 7.13. The zero-order chi connectivity index (χ0) is 11.3. The number of nitrogens with two attached hydrogens (primary N) is 2. The molecule has 0 saturated carbocycles. The summed E-state index contributed by atoms with van der Waals surface area (Å²) < 4.78 is 0. The average molecular weight is 207 g/mol. The molecule has 0 unspecified atom stereocenters. The summed E-state index contributed by atoms with van der Waals surface area (Å²) >= 11 is 0. The Balaban J connectivity index is 2.85. The Labute approximate surface area is 87.4 Å². The Kier molecular flexibility index (Phi) is 3.82. The quantitative estimate of drug-likeness (QED) is 0.627. The Morgan fingerprint density at radius 2 is 1.93 bits per heavy atom. The first-order valence-electron chi connectivity index (χ1n) is 4.49. The maximum absolute atomic E-state index is 11.1. The zero-order valence-corrected chi connectivity index (χ0v) is 8.19. The van der Waals surface area contributed by atoms with E-state index in [0.717, 1.165) is 0 Å². The molecule has 5 heteroatoms. The van der Waals surface area contributed by atoms with Crippen LogP contribution in [0.4, 0.5) is 5.69 Å². The number of rotatable bonds is 4. The van der Waals surface area contributed by atoms with E-state index in [1.165, 1.54) is 0 Å². The van der Waals surface area contributed by atoms with Crippen molar-refractivity contribution < 1.29 is 9.59 Å². The Hall–Kier alpha value is -1.88. The molecule has 0 aliphatic rings. The number of para-hydroxylation sites is 1. The molecule has 5 N–H and O–H groups in total. The lowest BCUT2D eigenvalue weighted by Crippen LogP contribution is -2.23. The lowest BCUT2D eigenvalue weighted by molar-refractivity contribution is -0.117. The molecule has 1 rings (SSSR count). The number of benzene rings is 1. The highest BCUT2D eigenvalue weighted by Crippen LogP contribution is 2.14.